The largest absolute Gasteiger partial charge is 0.361 e. The van der Waals surface area contributed by atoms with Gasteiger partial charge in [0.1, 0.15) is 5.76 Å². The summed E-state index contributed by atoms with van der Waals surface area (Å²) in [7, 11) is 0. The van der Waals surface area contributed by atoms with Crippen molar-refractivity contribution in [3.8, 4) is 0 Å². The molecule has 2 aromatic rings. The molecular formula is C20H29N5O2. The van der Waals surface area contributed by atoms with Crippen molar-refractivity contribution in [2.45, 2.75) is 52.6 Å². The van der Waals surface area contributed by atoms with Crippen LogP contribution < -0.4 is 0 Å². The predicted molar refractivity (Wildman–Crippen MR) is 101 cm³/mol. The first-order valence-electron chi connectivity index (χ1n) is 9.92. The van der Waals surface area contributed by atoms with E-state index in [-0.39, 0.29) is 11.3 Å². The summed E-state index contributed by atoms with van der Waals surface area (Å²) in [4.78, 5) is 21.3. The number of nitrogens with zero attached hydrogens (tertiary/aromatic N) is 5. The molecule has 2 saturated heterocycles. The van der Waals surface area contributed by atoms with Crippen molar-refractivity contribution in [2.75, 3.05) is 26.2 Å². The minimum atomic E-state index is 0.164. The van der Waals surface area contributed by atoms with E-state index in [4.69, 9.17) is 4.52 Å². The fraction of sp³-hybridized carbons (Fsp3) is 0.650. The molecule has 0 saturated carbocycles. The van der Waals surface area contributed by atoms with E-state index < -0.39 is 0 Å². The molecule has 0 bridgehead atoms. The highest BCUT2D eigenvalue weighted by molar-refractivity contribution is 5.79. The van der Waals surface area contributed by atoms with Crippen molar-refractivity contribution in [2.24, 2.45) is 5.41 Å². The maximum Gasteiger partial charge on any atom is 0.223 e. The molecule has 7 heteroatoms. The Bertz CT molecular complexity index is 755. The average molecular weight is 371 g/mol. The average Bonchev–Trinajstić information content (AvgIpc) is 3.35. The molecule has 1 spiro atoms. The normalized spacial score (nSPS) is 20.1. The van der Waals surface area contributed by atoms with Crippen LogP contribution in [0.2, 0.25) is 0 Å². The van der Waals surface area contributed by atoms with Crippen molar-refractivity contribution in [1.29, 1.82) is 0 Å². The van der Waals surface area contributed by atoms with Gasteiger partial charge in [-0.2, -0.15) is 0 Å². The van der Waals surface area contributed by atoms with E-state index in [1.54, 1.807) is 0 Å². The number of carbonyl (C=O) groups is 1. The second-order valence-electron chi connectivity index (χ2n) is 8.23. The minimum Gasteiger partial charge on any atom is -0.361 e. The number of piperidine rings is 1. The van der Waals surface area contributed by atoms with Crippen LogP contribution >= 0.6 is 0 Å². The molecule has 0 atom stereocenters. The van der Waals surface area contributed by atoms with Gasteiger partial charge in [0.15, 0.2) is 0 Å². The number of aromatic nitrogens is 3. The minimum absolute atomic E-state index is 0.164. The van der Waals surface area contributed by atoms with Gasteiger partial charge >= 0.3 is 0 Å². The number of likely N-dealkylation sites (tertiary alicyclic amines) is 2. The van der Waals surface area contributed by atoms with Crippen LogP contribution in [-0.4, -0.2) is 56.6 Å². The Balaban J connectivity index is 1.27. The lowest BCUT2D eigenvalue weighted by Crippen LogP contribution is -2.42. The zero-order chi connectivity index (χ0) is 18.9. The lowest BCUT2D eigenvalue weighted by molar-refractivity contribution is -0.128. The Labute approximate surface area is 160 Å². The molecule has 2 aliphatic rings. The summed E-state index contributed by atoms with van der Waals surface area (Å²) in [5.41, 5.74) is 2.13. The highest BCUT2D eigenvalue weighted by Crippen LogP contribution is 2.41. The maximum atomic E-state index is 12.6. The van der Waals surface area contributed by atoms with Gasteiger partial charge in [-0.3, -0.25) is 4.79 Å². The lowest BCUT2D eigenvalue weighted by Gasteiger charge is -2.38. The Hall–Kier alpha value is -2.15. The van der Waals surface area contributed by atoms with Crippen molar-refractivity contribution < 1.29 is 9.32 Å². The molecule has 0 aromatic carbocycles. The smallest absolute Gasteiger partial charge is 0.223 e. The molecule has 0 aliphatic carbocycles. The fourth-order valence-electron chi connectivity index (χ4n) is 4.53. The first kappa shape index (κ1) is 18.2. The first-order chi connectivity index (χ1) is 13.0. The molecule has 4 heterocycles. The van der Waals surface area contributed by atoms with Crippen LogP contribution in [0.5, 0.6) is 0 Å². The zero-order valence-electron chi connectivity index (χ0n) is 16.4. The van der Waals surface area contributed by atoms with E-state index in [0.717, 1.165) is 69.0 Å². The zero-order valence-corrected chi connectivity index (χ0v) is 16.4. The second-order valence-corrected chi connectivity index (χ2v) is 8.23. The molecule has 1 amide bonds. The first-order valence-corrected chi connectivity index (χ1v) is 9.92. The van der Waals surface area contributed by atoms with E-state index in [9.17, 15) is 4.79 Å². The Morgan fingerprint density at radius 2 is 2.04 bits per heavy atom. The quantitative estimate of drug-likeness (QED) is 0.780. The van der Waals surface area contributed by atoms with E-state index in [1.165, 1.54) is 0 Å². The molecular weight excluding hydrogens is 342 g/mol. The standard InChI is InChI=1S/C20H29N5O2/c1-16-18(17(2)27-22-16)13-25-14-20(12-19(25)26)4-9-23(10-5-20)7-3-8-24-11-6-21-15-24/h6,11,15H,3-5,7-10,12-14H2,1-2H3. The predicted octanol–water partition coefficient (Wildman–Crippen LogP) is 2.39. The van der Waals surface area contributed by atoms with Gasteiger partial charge in [0.05, 0.1) is 18.6 Å². The van der Waals surface area contributed by atoms with Gasteiger partial charge in [-0.15, -0.1) is 0 Å². The van der Waals surface area contributed by atoms with Crippen molar-refractivity contribution in [3.63, 3.8) is 0 Å². The van der Waals surface area contributed by atoms with Crippen LogP contribution in [-0.2, 0) is 17.9 Å². The number of rotatable bonds is 6. The summed E-state index contributed by atoms with van der Waals surface area (Å²) in [6.45, 7) is 9.70. The molecule has 146 valence electrons. The molecule has 0 N–H and O–H groups in total. The molecule has 2 fully saturated rings. The topological polar surface area (TPSA) is 67.4 Å². The third-order valence-electron chi connectivity index (χ3n) is 6.30. The Morgan fingerprint density at radius 1 is 1.22 bits per heavy atom. The van der Waals surface area contributed by atoms with Gasteiger partial charge in [0.25, 0.3) is 0 Å². The number of hydrogen-bond donors (Lipinski definition) is 0. The molecule has 2 aliphatic heterocycles. The number of carbonyl (C=O) groups excluding carboxylic acids is 1. The third-order valence-corrected chi connectivity index (χ3v) is 6.30. The van der Waals surface area contributed by atoms with Crippen LogP contribution in [0.4, 0.5) is 0 Å². The Kier molecular flexibility index (Phi) is 5.04. The molecule has 27 heavy (non-hydrogen) atoms. The summed E-state index contributed by atoms with van der Waals surface area (Å²) in [5.74, 6) is 1.11. The fourth-order valence-corrected chi connectivity index (χ4v) is 4.53. The summed E-state index contributed by atoms with van der Waals surface area (Å²) >= 11 is 0. The lowest BCUT2D eigenvalue weighted by atomic mass is 9.77. The van der Waals surface area contributed by atoms with Crippen LogP contribution in [0, 0.1) is 19.3 Å². The monoisotopic (exact) mass is 371 g/mol. The third kappa shape index (κ3) is 3.93. The van der Waals surface area contributed by atoms with Crippen molar-refractivity contribution in [3.05, 3.63) is 35.7 Å². The number of hydrogen-bond acceptors (Lipinski definition) is 5. The van der Waals surface area contributed by atoms with Crippen molar-refractivity contribution >= 4 is 5.91 Å². The van der Waals surface area contributed by atoms with Crippen LogP contribution in [0.1, 0.15) is 42.7 Å². The van der Waals surface area contributed by atoms with E-state index in [1.807, 2.05) is 37.5 Å². The van der Waals surface area contributed by atoms with Crippen LogP contribution in [0.15, 0.2) is 23.2 Å². The van der Waals surface area contributed by atoms with Gasteiger partial charge in [-0.25, -0.2) is 4.98 Å². The van der Waals surface area contributed by atoms with E-state index in [0.29, 0.717) is 13.0 Å². The summed E-state index contributed by atoms with van der Waals surface area (Å²) in [6.07, 6.45) is 9.78. The maximum absolute atomic E-state index is 12.6. The molecule has 0 unspecified atom stereocenters. The molecule has 2 aromatic heterocycles. The van der Waals surface area contributed by atoms with Gasteiger partial charge in [-0.05, 0) is 58.2 Å². The second kappa shape index (κ2) is 7.46. The van der Waals surface area contributed by atoms with E-state index >= 15 is 0 Å². The van der Waals surface area contributed by atoms with Gasteiger partial charge in [-0.1, -0.05) is 5.16 Å². The summed E-state index contributed by atoms with van der Waals surface area (Å²) in [5, 5.41) is 4.02. The van der Waals surface area contributed by atoms with Crippen LogP contribution in [0.3, 0.4) is 0 Å². The number of imidazole rings is 1. The molecule has 7 nitrogen and oxygen atoms in total. The number of amides is 1. The number of aryl methyl sites for hydroxylation is 3. The highest BCUT2D eigenvalue weighted by Gasteiger charge is 2.44. The highest BCUT2D eigenvalue weighted by atomic mass is 16.5. The van der Waals surface area contributed by atoms with Crippen molar-refractivity contribution in [1.82, 2.24) is 24.5 Å². The van der Waals surface area contributed by atoms with E-state index in [2.05, 4.69) is 19.6 Å². The van der Waals surface area contributed by atoms with Gasteiger partial charge < -0.3 is 18.9 Å². The summed E-state index contributed by atoms with van der Waals surface area (Å²) in [6, 6.07) is 0. The van der Waals surface area contributed by atoms with Crippen LogP contribution in [0.25, 0.3) is 0 Å². The van der Waals surface area contributed by atoms with Gasteiger partial charge in [0.2, 0.25) is 5.91 Å². The SMILES string of the molecule is Cc1noc(C)c1CN1CC2(CCN(CCCn3ccnc3)CC2)CC1=O. The molecule has 0 radical (unpaired) electrons. The van der Waals surface area contributed by atoms with Gasteiger partial charge in [0, 0.05) is 37.5 Å². The summed E-state index contributed by atoms with van der Waals surface area (Å²) < 4.78 is 7.39. The Morgan fingerprint density at radius 3 is 2.70 bits per heavy atom. The molecule has 4 rings (SSSR count).